The highest BCUT2D eigenvalue weighted by atomic mass is 32.1. The molecule has 0 saturated carbocycles. The molecule has 0 atom stereocenters. The van der Waals surface area contributed by atoms with Gasteiger partial charge in [0.1, 0.15) is 5.75 Å². The van der Waals surface area contributed by atoms with Crippen LogP contribution in [0, 0.1) is 19.8 Å². The third-order valence-electron chi connectivity index (χ3n) is 5.79. The summed E-state index contributed by atoms with van der Waals surface area (Å²) in [6.07, 6.45) is 1.12. The zero-order valence-electron chi connectivity index (χ0n) is 19.8. The quantitative estimate of drug-likeness (QED) is 0.538. The van der Waals surface area contributed by atoms with Crippen LogP contribution in [0.5, 0.6) is 5.75 Å². The Hall–Kier alpha value is -3.79. The molecule has 3 amide bonds. The zero-order valence-corrected chi connectivity index (χ0v) is 20.6. The molecule has 2 N–H and O–H groups in total. The van der Waals surface area contributed by atoms with Crippen molar-refractivity contribution in [2.45, 2.75) is 26.7 Å². The molecule has 0 bridgehead atoms. The molecule has 0 aliphatic carbocycles. The first-order valence-corrected chi connectivity index (χ1v) is 12.1. The van der Waals surface area contributed by atoms with Crippen LogP contribution in [0.1, 0.15) is 43.6 Å². The van der Waals surface area contributed by atoms with Crippen molar-refractivity contribution >= 4 is 40.4 Å². The topological polar surface area (TPSA) is 114 Å². The van der Waals surface area contributed by atoms with E-state index in [1.165, 1.54) is 0 Å². The molecule has 1 saturated heterocycles. The van der Waals surface area contributed by atoms with E-state index in [2.05, 4.69) is 26.9 Å². The highest BCUT2D eigenvalue weighted by Gasteiger charge is 2.30. The molecule has 3 aromatic rings. The fraction of sp³-hybridized carbons (Fsp3) is 0.320. The minimum absolute atomic E-state index is 0.0319. The van der Waals surface area contributed by atoms with Gasteiger partial charge in [-0.3, -0.25) is 14.4 Å². The Morgan fingerprint density at radius 1 is 0.914 bits per heavy atom. The summed E-state index contributed by atoms with van der Waals surface area (Å²) in [5.41, 5.74) is 3.56. The highest BCUT2D eigenvalue weighted by molar-refractivity contribution is 7.15. The number of amides is 3. The molecule has 0 spiro atoms. The number of ether oxygens (including phenoxy) is 1. The monoisotopic (exact) mass is 493 g/mol. The van der Waals surface area contributed by atoms with Crippen LogP contribution in [-0.4, -0.2) is 53.0 Å². The van der Waals surface area contributed by atoms with E-state index in [1.807, 2.05) is 26.0 Å². The summed E-state index contributed by atoms with van der Waals surface area (Å²) in [5, 5.41) is 13.8. The molecule has 10 heteroatoms. The third kappa shape index (κ3) is 6.02. The maximum atomic E-state index is 12.9. The van der Waals surface area contributed by atoms with Crippen molar-refractivity contribution in [1.29, 1.82) is 0 Å². The number of anilines is 2. The van der Waals surface area contributed by atoms with Crippen molar-refractivity contribution in [2.24, 2.45) is 5.92 Å². The molecule has 1 aliphatic heterocycles. The van der Waals surface area contributed by atoms with E-state index in [1.54, 1.807) is 36.3 Å². The van der Waals surface area contributed by atoms with E-state index in [0.717, 1.165) is 28.2 Å². The predicted octanol–water partition coefficient (Wildman–Crippen LogP) is 3.91. The molecule has 35 heavy (non-hydrogen) atoms. The lowest BCUT2D eigenvalue weighted by atomic mass is 9.95. The summed E-state index contributed by atoms with van der Waals surface area (Å²) in [7, 11) is 1.57. The summed E-state index contributed by atoms with van der Waals surface area (Å²) >= 11 is 0.952. The van der Waals surface area contributed by atoms with Crippen LogP contribution < -0.4 is 15.4 Å². The van der Waals surface area contributed by atoms with Gasteiger partial charge in [-0.2, -0.15) is 0 Å². The van der Waals surface area contributed by atoms with Gasteiger partial charge >= 0.3 is 0 Å². The Labute approximate surface area is 207 Å². The first kappa shape index (κ1) is 24.3. The minimum atomic E-state index is -0.437. The van der Waals surface area contributed by atoms with Crippen LogP contribution in [0.3, 0.4) is 0 Å². The Bertz CT molecular complexity index is 1210. The fourth-order valence-corrected chi connectivity index (χ4v) is 4.74. The standard InChI is InChI=1S/C25H27N5O4S/c1-15-12-16(2)14-19(13-15)27-21(31)17-8-10-30(11-9-17)25(33)24-29-28-23(35-24)22(32)26-18-4-6-20(34-3)7-5-18/h4-7,12-14,17H,8-11H2,1-3H3,(H,26,32)(H,27,31). The number of methoxy groups -OCH3 is 1. The van der Waals surface area contributed by atoms with Gasteiger partial charge in [0, 0.05) is 30.4 Å². The number of benzene rings is 2. The molecule has 9 nitrogen and oxygen atoms in total. The average Bonchev–Trinajstić information content (AvgIpc) is 3.34. The second-order valence-corrected chi connectivity index (χ2v) is 9.50. The normalized spacial score (nSPS) is 13.9. The van der Waals surface area contributed by atoms with Gasteiger partial charge in [0.05, 0.1) is 7.11 Å². The van der Waals surface area contributed by atoms with Crippen LogP contribution in [0.25, 0.3) is 0 Å². The molecule has 182 valence electrons. The summed E-state index contributed by atoms with van der Waals surface area (Å²) in [5.74, 6) is -0.235. The second-order valence-electron chi connectivity index (χ2n) is 8.53. The van der Waals surface area contributed by atoms with E-state index >= 15 is 0 Å². The van der Waals surface area contributed by atoms with Crippen LogP contribution in [0.4, 0.5) is 11.4 Å². The second kappa shape index (κ2) is 10.6. The third-order valence-corrected chi connectivity index (χ3v) is 6.70. The number of aromatic nitrogens is 2. The number of carbonyl (C=O) groups excluding carboxylic acids is 3. The van der Waals surface area contributed by atoms with Crippen molar-refractivity contribution in [1.82, 2.24) is 15.1 Å². The minimum Gasteiger partial charge on any atom is -0.497 e. The number of nitrogens with zero attached hydrogens (tertiary/aromatic N) is 3. The maximum absolute atomic E-state index is 12.9. The summed E-state index contributed by atoms with van der Waals surface area (Å²) in [4.78, 5) is 39.8. The number of nitrogens with one attached hydrogen (secondary N) is 2. The lowest BCUT2D eigenvalue weighted by Crippen LogP contribution is -2.41. The summed E-state index contributed by atoms with van der Waals surface area (Å²) in [6.45, 7) is 4.87. The molecule has 1 fully saturated rings. The highest BCUT2D eigenvalue weighted by Crippen LogP contribution is 2.23. The van der Waals surface area contributed by atoms with Crippen molar-refractivity contribution in [3.8, 4) is 5.75 Å². The lowest BCUT2D eigenvalue weighted by Gasteiger charge is -2.30. The van der Waals surface area contributed by atoms with E-state index in [0.29, 0.717) is 37.4 Å². The Balaban J connectivity index is 1.30. The van der Waals surface area contributed by atoms with Crippen LogP contribution in [0.2, 0.25) is 0 Å². The summed E-state index contributed by atoms with van der Waals surface area (Å²) in [6, 6.07) is 12.8. The van der Waals surface area contributed by atoms with Gasteiger partial charge < -0.3 is 20.3 Å². The number of piperidine rings is 1. The van der Waals surface area contributed by atoms with E-state index < -0.39 is 5.91 Å². The van der Waals surface area contributed by atoms with Crippen molar-refractivity contribution in [2.75, 3.05) is 30.8 Å². The summed E-state index contributed by atoms with van der Waals surface area (Å²) < 4.78 is 5.10. The van der Waals surface area contributed by atoms with Crippen molar-refractivity contribution < 1.29 is 19.1 Å². The number of rotatable bonds is 6. The molecule has 1 aromatic heterocycles. The van der Waals surface area contributed by atoms with Gasteiger partial charge in [0.25, 0.3) is 11.8 Å². The number of carbonyl (C=O) groups is 3. The van der Waals surface area contributed by atoms with Gasteiger partial charge in [-0.1, -0.05) is 17.4 Å². The molecular formula is C25H27N5O4S. The molecule has 4 rings (SSSR count). The first-order valence-electron chi connectivity index (χ1n) is 11.3. The number of aryl methyl sites for hydroxylation is 2. The predicted molar refractivity (Wildman–Crippen MR) is 134 cm³/mol. The first-order chi connectivity index (χ1) is 16.8. The Morgan fingerprint density at radius 2 is 1.54 bits per heavy atom. The molecule has 0 unspecified atom stereocenters. The van der Waals surface area contributed by atoms with Crippen LogP contribution >= 0.6 is 11.3 Å². The van der Waals surface area contributed by atoms with E-state index in [-0.39, 0.29) is 27.7 Å². The van der Waals surface area contributed by atoms with Gasteiger partial charge in [-0.05, 0) is 74.2 Å². The van der Waals surface area contributed by atoms with Gasteiger partial charge in [-0.15, -0.1) is 10.2 Å². The average molecular weight is 494 g/mol. The van der Waals surface area contributed by atoms with E-state index in [9.17, 15) is 14.4 Å². The van der Waals surface area contributed by atoms with E-state index in [4.69, 9.17) is 4.74 Å². The smallest absolute Gasteiger partial charge is 0.286 e. The lowest BCUT2D eigenvalue weighted by molar-refractivity contribution is -0.121. The molecule has 1 aliphatic rings. The Kier molecular flexibility index (Phi) is 7.40. The molecule has 2 heterocycles. The number of likely N-dealkylation sites (tertiary alicyclic amines) is 1. The fourth-order valence-electron chi connectivity index (χ4n) is 4.03. The van der Waals surface area contributed by atoms with Crippen molar-refractivity contribution in [3.63, 3.8) is 0 Å². The SMILES string of the molecule is COc1ccc(NC(=O)c2nnc(C(=O)N3CCC(C(=O)Nc4cc(C)cc(C)c4)CC3)s2)cc1. The number of hydrogen-bond donors (Lipinski definition) is 2. The van der Waals surface area contributed by atoms with Gasteiger partial charge in [-0.25, -0.2) is 0 Å². The number of hydrogen-bond acceptors (Lipinski definition) is 7. The molecule has 0 radical (unpaired) electrons. The molecular weight excluding hydrogens is 466 g/mol. The largest absolute Gasteiger partial charge is 0.497 e. The molecule has 2 aromatic carbocycles. The van der Waals surface area contributed by atoms with Crippen molar-refractivity contribution in [3.05, 3.63) is 63.6 Å². The van der Waals surface area contributed by atoms with Crippen LogP contribution in [-0.2, 0) is 4.79 Å². The van der Waals surface area contributed by atoms with Gasteiger partial charge in [0.2, 0.25) is 15.9 Å². The zero-order chi connectivity index (χ0) is 24.9. The van der Waals surface area contributed by atoms with Crippen LogP contribution in [0.15, 0.2) is 42.5 Å². The van der Waals surface area contributed by atoms with Gasteiger partial charge in [0.15, 0.2) is 0 Å². The maximum Gasteiger partial charge on any atom is 0.286 e. The Morgan fingerprint density at radius 3 is 2.17 bits per heavy atom.